The van der Waals surface area contributed by atoms with Gasteiger partial charge in [-0.1, -0.05) is 36.4 Å². The molecule has 0 saturated carbocycles. The first-order chi connectivity index (χ1) is 12.9. The van der Waals surface area contributed by atoms with Crippen molar-refractivity contribution in [1.82, 2.24) is 4.90 Å². The lowest BCUT2D eigenvalue weighted by atomic mass is 9.89. The molecule has 5 nitrogen and oxygen atoms in total. The zero-order valence-corrected chi connectivity index (χ0v) is 15.9. The van der Waals surface area contributed by atoms with Crippen molar-refractivity contribution in [3.05, 3.63) is 65.2 Å². The molecule has 0 spiro atoms. The Morgan fingerprint density at radius 3 is 2.70 bits per heavy atom. The summed E-state index contributed by atoms with van der Waals surface area (Å²) in [6.45, 7) is 6.68. The molecule has 0 bridgehead atoms. The van der Waals surface area contributed by atoms with Crippen LogP contribution in [0.4, 0.5) is 0 Å². The molecule has 2 heterocycles. The minimum absolute atomic E-state index is 0.147. The molecule has 5 heteroatoms. The van der Waals surface area contributed by atoms with Gasteiger partial charge in [0, 0.05) is 45.0 Å². The fraction of sp³-hybridized carbons (Fsp3) is 0.409. The Kier molecular flexibility index (Phi) is 4.66. The van der Waals surface area contributed by atoms with Crippen LogP contribution >= 0.6 is 0 Å². The molecule has 0 aromatic heterocycles. The summed E-state index contributed by atoms with van der Waals surface area (Å²) in [5.41, 5.74) is 9.14. The standard InChI is InChI=1S/C22H26N2O3/c1-22(2)26-14-17-10-15(8-9-20(17)27-22)11-24-12-18(19(13-24)21(23)25)16-6-4-3-5-7-16/h3-10,18-19H,11-14H2,1-2H3,(H2,23,25)/t18-,19+/m1/s1. The van der Waals surface area contributed by atoms with E-state index in [1.54, 1.807) is 0 Å². The largest absolute Gasteiger partial charge is 0.463 e. The molecule has 2 aromatic carbocycles. The van der Waals surface area contributed by atoms with Crippen LogP contribution in [0.25, 0.3) is 0 Å². The van der Waals surface area contributed by atoms with Gasteiger partial charge in [-0.05, 0) is 23.3 Å². The number of amides is 1. The van der Waals surface area contributed by atoms with Crippen molar-refractivity contribution in [2.45, 2.75) is 38.7 Å². The summed E-state index contributed by atoms with van der Waals surface area (Å²) < 4.78 is 11.6. The molecule has 27 heavy (non-hydrogen) atoms. The van der Waals surface area contributed by atoms with Crippen molar-refractivity contribution in [2.24, 2.45) is 11.7 Å². The summed E-state index contributed by atoms with van der Waals surface area (Å²) in [6, 6.07) is 16.4. The lowest BCUT2D eigenvalue weighted by molar-refractivity contribution is -0.180. The Morgan fingerprint density at radius 2 is 1.96 bits per heavy atom. The highest BCUT2D eigenvalue weighted by atomic mass is 16.7. The first-order valence-corrected chi connectivity index (χ1v) is 9.43. The van der Waals surface area contributed by atoms with Crippen LogP contribution in [0.2, 0.25) is 0 Å². The van der Waals surface area contributed by atoms with Crippen LogP contribution < -0.4 is 10.5 Å². The maximum absolute atomic E-state index is 12.0. The Hall–Kier alpha value is -2.37. The highest BCUT2D eigenvalue weighted by Gasteiger charge is 2.37. The Bertz CT molecular complexity index is 835. The highest BCUT2D eigenvalue weighted by Crippen LogP contribution is 2.35. The van der Waals surface area contributed by atoms with Crippen LogP contribution in [0.5, 0.6) is 5.75 Å². The summed E-state index contributed by atoms with van der Waals surface area (Å²) in [6.07, 6.45) is 0. The number of ether oxygens (including phenoxy) is 2. The predicted octanol–water partition coefficient (Wildman–Crippen LogP) is 3.03. The number of carbonyl (C=O) groups excluding carboxylic acids is 1. The molecule has 2 atom stereocenters. The summed E-state index contributed by atoms with van der Waals surface area (Å²) >= 11 is 0. The monoisotopic (exact) mass is 366 g/mol. The van der Waals surface area contributed by atoms with Gasteiger partial charge in [0.1, 0.15) is 5.75 Å². The molecule has 2 aliphatic rings. The zero-order valence-electron chi connectivity index (χ0n) is 15.9. The normalized spacial score (nSPS) is 24.2. The van der Waals surface area contributed by atoms with Crippen molar-refractivity contribution in [1.29, 1.82) is 0 Å². The smallest absolute Gasteiger partial charge is 0.222 e. The van der Waals surface area contributed by atoms with Crippen LogP contribution in [0, 0.1) is 5.92 Å². The summed E-state index contributed by atoms with van der Waals surface area (Å²) in [5.74, 6) is 0.0712. The molecular weight excluding hydrogens is 340 g/mol. The van der Waals surface area contributed by atoms with Crippen LogP contribution in [0.15, 0.2) is 48.5 Å². The van der Waals surface area contributed by atoms with E-state index in [9.17, 15) is 4.79 Å². The van der Waals surface area contributed by atoms with Crippen LogP contribution in [0.3, 0.4) is 0 Å². The fourth-order valence-electron chi connectivity index (χ4n) is 4.09. The van der Waals surface area contributed by atoms with E-state index in [4.69, 9.17) is 15.2 Å². The third-order valence-corrected chi connectivity index (χ3v) is 5.45. The molecule has 2 aliphatic heterocycles. The number of benzene rings is 2. The molecule has 1 fully saturated rings. The number of fused-ring (bicyclic) bond motifs is 1. The molecule has 4 rings (SSSR count). The molecule has 0 radical (unpaired) electrons. The van der Waals surface area contributed by atoms with Crippen molar-refractivity contribution < 1.29 is 14.3 Å². The quantitative estimate of drug-likeness (QED) is 0.903. The molecule has 0 unspecified atom stereocenters. The average molecular weight is 366 g/mol. The van der Waals surface area contributed by atoms with Gasteiger partial charge in [-0.2, -0.15) is 0 Å². The lowest BCUT2D eigenvalue weighted by Gasteiger charge is -2.32. The van der Waals surface area contributed by atoms with E-state index in [1.165, 1.54) is 11.1 Å². The first kappa shape index (κ1) is 18.0. The third kappa shape index (κ3) is 3.84. The number of primary amides is 1. The topological polar surface area (TPSA) is 64.8 Å². The first-order valence-electron chi connectivity index (χ1n) is 9.43. The molecule has 0 aliphatic carbocycles. The van der Waals surface area contributed by atoms with E-state index in [-0.39, 0.29) is 17.7 Å². The second-order valence-electron chi connectivity index (χ2n) is 7.95. The number of hydrogen-bond acceptors (Lipinski definition) is 4. The number of rotatable bonds is 4. The number of likely N-dealkylation sites (tertiary alicyclic amines) is 1. The van der Waals surface area contributed by atoms with E-state index >= 15 is 0 Å². The Labute approximate surface area is 160 Å². The van der Waals surface area contributed by atoms with E-state index in [0.29, 0.717) is 13.2 Å². The number of nitrogens with zero attached hydrogens (tertiary/aromatic N) is 1. The van der Waals surface area contributed by atoms with Gasteiger partial charge in [0.05, 0.1) is 12.5 Å². The van der Waals surface area contributed by atoms with Crippen molar-refractivity contribution in [3.63, 3.8) is 0 Å². The van der Waals surface area contributed by atoms with Gasteiger partial charge < -0.3 is 15.2 Å². The molecule has 1 saturated heterocycles. The van der Waals surface area contributed by atoms with E-state index in [1.807, 2.05) is 38.1 Å². The molecule has 2 N–H and O–H groups in total. The predicted molar refractivity (Wildman–Crippen MR) is 103 cm³/mol. The maximum Gasteiger partial charge on any atom is 0.222 e. The van der Waals surface area contributed by atoms with Crippen LogP contribution in [-0.4, -0.2) is 29.7 Å². The number of carbonyl (C=O) groups is 1. The van der Waals surface area contributed by atoms with Gasteiger partial charge in [-0.25, -0.2) is 0 Å². The SMILES string of the molecule is CC1(C)OCc2cc(CN3C[C@H](C(N)=O)[C@@H](c4ccccc4)C3)ccc2O1. The second-order valence-corrected chi connectivity index (χ2v) is 7.95. The van der Waals surface area contributed by atoms with Gasteiger partial charge in [0.25, 0.3) is 0 Å². The molecule has 1 amide bonds. The van der Waals surface area contributed by atoms with E-state index in [2.05, 4.69) is 29.2 Å². The van der Waals surface area contributed by atoms with Gasteiger partial charge in [-0.3, -0.25) is 9.69 Å². The average Bonchev–Trinajstić information content (AvgIpc) is 3.06. The maximum atomic E-state index is 12.0. The molecule has 142 valence electrons. The van der Waals surface area contributed by atoms with Gasteiger partial charge >= 0.3 is 0 Å². The van der Waals surface area contributed by atoms with Crippen molar-refractivity contribution in [3.8, 4) is 5.75 Å². The van der Waals surface area contributed by atoms with Gasteiger partial charge in [-0.15, -0.1) is 0 Å². The van der Waals surface area contributed by atoms with Gasteiger partial charge in [0.15, 0.2) is 0 Å². The van der Waals surface area contributed by atoms with E-state index < -0.39 is 5.79 Å². The highest BCUT2D eigenvalue weighted by molar-refractivity contribution is 5.78. The second kappa shape index (κ2) is 6.98. The van der Waals surface area contributed by atoms with Gasteiger partial charge in [0.2, 0.25) is 11.7 Å². The van der Waals surface area contributed by atoms with Crippen LogP contribution in [0.1, 0.15) is 36.5 Å². The molecular formula is C22H26N2O3. The minimum atomic E-state index is -0.582. The number of nitrogens with two attached hydrogens (primary N) is 1. The van der Waals surface area contributed by atoms with Crippen molar-refractivity contribution >= 4 is 5.91 Å². The Balaban J connectivity index is 1.50. The zero-order chi connectivity index (χ0) is 19.0. The minimum Gasteiger partial charge on any atom is -0.463 e. The van der Waals surface area contributed by atoms with Crippen molar-refractivity contribution in [2.75, 3.05) is 13.1 Å². The summed E-state index contributed by atoms with van der Waals surface area (Å²) in [5, 5.41) is 0. The third-order valence-electron chi connectivity index (χ3n) is 5.45. The van der Waals surface area contributed by atoms with E-state index in [0.717, 1.165) is 24.4 Å². The number of hydrogen-bond donors (Lipinski definition) is 1. The summed E-state index contributed by atoms with van der Waals surface area (Å²) in [7, 11) is 0. The molecule has 2 aromatic rings. The fourth-order valence-corrected chi connectivity index (χ4v) is 4.09. The Morgan fingerprint density at radius 1 is 1.19 bits per heavy atom. The summed E-state index contributed by atoms with van der Waals surface area (Å²) in [4.78, 5) is 14.3. The van der Waals surface area contributed by atoms with Crippen LogP contribution in [-0.2, 0) is 22.7 Å². The lowest BCUT2D eigenvalue weighted by Crippen LogP contribution is -2.35.